The zero-order valence-corrected chi connectivity index (χ0v) is 9.39. The lowest BCUT2D eigenvalue weighted by Gasteiger charge is -2.30. The van der Waals surface area contributed by atoms with Gasteiger partial charge in [-0.2, -0.15) is 4.98 Å². The van der Waals surface area contributed by atoms with Gasteiger partial charge in [-0.3, -0.25) is 4.79 Å². The van der Waals surface area contributed by atoms with Crippen LogP contribution in [0.25, 0.3) is 0 Å². The molecule has 1 aliphatic rings. The smallest absolute Gasteiger partial charge is 0.229 e. The maximum atomic E-state index is 11.0. The molecule has 2 heterocycles. The van der Waals surface area contributed by atoms with Gasteiger partial charge in [0, 0.05) is 19.0 Å². The highest BCUT2D eigenvalue weighted by atomic mass is 35.5. The molecule has 1 aromatic heterocycles. The first-order valence-corrected chi connectivity index (χ1v) is 5.43. The third-order valence-corrected chi connectivity index (χ3v) is 2.89. The Morgan fingerprint density at radius 1 is 1.44 bits per heavy atom. The summed E-state index contributed by atoms with van der Waals surface area (Å²) in [6, 6.07) is 0. The van der Waals surface area contributed by atoms with Crippen molar-refractivity contribution in [2.75, 3.05) is 18.0 Å². The van der Waals surface area contributed by atoms with Gasteiger partial charge in [0.15, 0.2) is 0 Å². The van der Waals surface area contributed by atoms with Gasteiger partial charge < -0.3 is 10.6 Å². The van der Waals surface area contributed by atoms with Crippen LogP contribution in [0, 0.1) is 5.92 Å². The van der Waals surface area contributed by atoms with Crippen molar-refractivity contribution in [2.24, 2.45) is 11.7 Å². The van der Waals surface area contributed by atoms with E-state index in [-0.39, 0.29) is 17.1 Å². The maximum absolute atomic E-state index is 11.0. The van der Waals surface area contributed by atoms with E-state index in [9.17, 15) is 4.79 Å². The Kier molecular flexibility index (Phi) is 3.19. The molecule has 7 heteroatoms. The minimum absolute atomic E-state index is 0.0337. The summed E-state index contributed by atoms with van der Waals surface area (Å²) in [5.74, 6) is 0.296. The number of carbonyl (C=O) groups is 1. The molecule has 0 aromatic carbocycles. The van der Waals surface area contributed by atoms with Crippen LogP contribution in [0.4, 0.5) is 5.95 Å². The highest BCUT2D eigenvalue weighted by molar-refractivity contribution is 6.28. The predicted octanol–water partition coefficient (Wildman–Crippen LogP) is 0.227. The molecule has 0 bridgehead atoms. The molecule has 2 rings (SSSR count). The van der Waals surface area contributed by atoms with Crippen LogP contribution < -0.4 is 10.6 Å². The van der Waals surface area contributed by atoms with Crippen LogP contribution >= 0.6 is 11.6 Å². The zero-order valence-electron chi connectivity index (χ0n) is 8.64. The van der Waals surface area contributed by atoms with Gasteiger partial charge in [0.1, 0.15) is 6.33 Å². The molecule has 1 aliphatic heterocycles. The van der Waals surface area contributed by atoms with Crippen molar-refractivity contribution in [1.29, 1.82) is 0 Å². The van der Waals surface area contributed by atoms with Gasteiger partial charge in [0.25, 0.3) is 0 Å². The van der Waals surface area contributed by atoms with Gasteiger partial charge in [0.05, 0.1) is 0 Å². The number of amides is 1. The summed E-state index contributed by atoms with van der Waals surface area (Å²) in [6.07, 6.45) is 2.85. The second kappa shape index (κ2) is 4.61. The Balaban J connectivity index is 2.01. The average Bonchev–Trinajstić information content (AvgIpc) is 2.29. The number of nitrogens with zero attached hydrogens (tertiary/aromatic N) is 4. The summed E-state index contributed by atoms with van der Waals surface area (Å²) in [6.45, 7) is 1.43. The number of rotatable bonds is 2. The van der Waals surface area contributed by atoms with E-state index in [1.807, 2.05) is 4.90 Å². The van der Waals surface area contributed by atoms with Gasteiger partial charge in [0.2, 0.25) is 17.1 Å². The van der Waals surface area contributed by atoms with E-state index < -0.39 is 0 Å². The van der Waals surface area contributed by atoms with E-state index >= 15 is 0 Å². The molecule has 0 unspecified atom stereocenters. The average molecular weight is 242 g/mol. The molecule has 1 aromatic rings. The number of primary amides is 1. The fourth-order valence-electron chi connectivity index (χ4n) is 1.78. The molecule has 0 aliphatic carbocycles. The molecule has 0 spiro atoms. The Bertz CT molecular complexity index is 391. The molecule has 1 saturated heterocycles. The number of carbonyl (C=O) groups excluding carboxylic acids is 1. The first kappa shape index (κ1) is 11.1. The number of nitrogens with two attached hydrogens (primary N) is 1. The standard InChI is InChI=1S/C9H12ClN5O/c10-8-12-5-13-9(14-8)15-3-1-6(2-4-15)7(11)16/h5-6H,1-4H2,(H2,11,16). The molecule has 0 radical (unpaired) electrons. The molecular weight excluding hydrogens is 230 g/mol. The number of aromatic nitrogens is 3. The monoisotopic (exact) mass is 241 g/mol. The van der Waals surface area contributed by atoms with Gasteiger partial charge in [-0.15, -0.1) is 0 Å². The molecule has 0 atom stereocenters. The minimum Gasteiger partial charge on any atom is -0.369 e. The van der Waals surface area contributed by atoms with Crippen molar-refractivity contribution in [3.05, 3.63) is 11.6 Å². The second-order valence-electron chi connectivity index (χ2n) is 3.72. The fraction of sp³-hybridized carbons (Fsp3) is 0.556. The summed E-state index contributed by atoms with van der Waals surface area (Å²) in [5.41, 5.74) is 5.26. The van der Waals surface area contributed by atoms with E-state index in [2.05, 4.69) is 15.0 Å². The maximum Gasteiger partial charge on any atom is 0.229 e. The zero-order chi connectivity index (χ0) is 11.5. The van der Waals surface area contributed by atoms with E-state index in [1.165, 1.54) is 6.33 Å². The Labute approximate surface area is 97.8 Å². The third-order valence-electron chi connectivity index (χ3n) is 2.71. The summed E-state index contributed by atoms with van der Waals surface area (Å²) in [7, 11) is 0. The first-order valence-electron chi connectivity index (χ1n) is 5.05. The van der Waals surface area contributed by atoms with Crippen LogP contribution in [0.1, 0.15) is 12.8 Å². The van der Waals surface area contributed by atoms with Crippen molar-refractivity contribution in [3.63, 3.8) is 0 Å². The van der Waals surface area contributed by atoms with Gasteiger partial charge in [-0.05, 0) is 24.4 Å². The van der Waals surface area contributed by atoms with E-state index in [4.69, 9.17) is 17.3 Å². The third kappa shape index (κ3) is 2.38. The number of piperidine rings is 1. The van der Waals surface area contributed by atoms with Crippen LogP contribution in [0.15, 0.2) is 6.33 Å². The predicted molar refractivity (Wildman–Crippen MR) is 59.0 cm³/mol. The van der Waals surface area contributed by atoms with Crippen LogP contribution in [0.5, 0.6) is 0 Å². The number of hydrogen-bond acceptors (Lipinski definition) is 5. The number of anilines is 1. The van der Waals surface area contributed by atoms with Crippen molar-refractivity contribution in [1.82, 2.24) is 15.0 Å². The topological polar surface area (TPSA) is 85.0 Å². The van der Waals surface area contributed by atoms with Crippen molar-refractivity contribution < 1.29 is 4.79 Å². The van der Waals surface area contributed by atoms with Crippen LogP contribution in [-0.2, 0) is 4.79 Å². The molecule has 16 heavy (non-hydrogen) atoms. The molecule has 1 amide bonds. The van der Waals surface area contributed by atoms with E-state index in [1.54, 1.807) is 0 Å². The Hall–Kier alpha value is -1.43. The van der Waals surface area contributed by atoms with E-state index in [0.29, 0.717) is 19.0 Å². The fourth-order valence-corrected chi connectivity index (χ4v) is 1.90. The molecular formula is C9H12ClN5O. The SMILES string of the molecule is NC(=O)C1CCN(c2ncnc(Cl)n2)CC1. The van der Waals surface area contributed by atoms with Gasteiger partial charge >= 0.3 is 0 Å². The van der Waals surface area contributed by atoms with E-state index in [0.717, 1.165) is 12.8 Å². The Morgan fingerprint density at radius 2 is 2.12 bits per heavy atom. The molecule has 6 nitrogen and oxygen atoms in total. The normalized spacial score (nSPS) is 17.4. The molecule has 1 fully saturated rings. The van der Waals surface area contributed by atoms with Crippen LogP contribution in [-0.4, -0.2) is 33.9 Å². The van der Waals surface area contributed by atoms with Crippen molar-refractivity contribution in [3.8, 4) is 0 Å². The molecule has 86 valence electrons. The molecule has 0 saturated carbocycles. The van der Waals surface area contributed by atoms with Crippen LogP contribution in [0.2, 0.25) is 5.28 Å². The summed E-state index contributed by atoms with van der Waals surface area (Å²) in [5, 5.41) is 0.182. The number of halogens is 1. The van der Waals surface area contributed by atoms with Gasteiger partial charge in [-0.25, -0.2) is 9.97 Å². The van der Waals surface area contributed by atoms with Crippen molar-refractivity contribution in [2.45, 2.75) is 12.8 Å². The highest BCUT2D eigenvalue weighted by Crippen LogP contribution is 2.20. The summed E-state index contributed by atoms with van der Waals surface area (Å²) >= 11 is 5.68. The van der Waals surface area contributed by atoms with Crippen molar-refractivity contribution >= 4 is 23.5 Å². The second-order valence-corrected chi connectivity index (χ2v) is 4.06. The quantitative estimate of drug-likeness (QED) is 0.801. The summed E-state index contributed by atoms with van der Waals surface area (Å²) < 4.78 is 0. The first-order chi connectivity index (χ1) is 7.66. The van der Waals surface area contributed by atoms with Crippen LogP contribution in [0.3, 0.4) is 0 Å². The molecule has 2 N–H and O–H groups in total. The highest BCUT2D eigenvalue weighted by Gasteiger charge is 2.24. The Morgan fingerprint density at radius 3 is 2.69 bits per heavy atom. The lowest BCUT2D eigenvalue weighted by molar-refractivity contribution is -0.122. The largest absolute Gasteiger partial charge is 0.369 e. The minimum atomic E-state index is -0.228. The lowest BCUT2D eigenvalue weighted by atomic mass is 9.97. The number of hydrogen-bond donors (Lipinski definition) is 1. The summed E-state index contributed by atoms with van der Waals surface area (Å²) in [4.78, 5) is 24.7. The van der Waals surface area contributed by atoms with Gasteiger partial charge in [-0.1, -0.05) is 0 Å². The lowest BCUT2D eigenvalue weighted by Crippen LogP contribution is -2.39.